The molecule has 0 atom stereocenters. The van der Waals surface area contributed by atoms with Crippen LogP contribution in [-0.2, 0) is 0 Å². The Labute approximate surface area is 90.8 Å². The second-order valence-electron chi connectivity index (χ2n) is 2.79. The van der Waals surface area contributed by atoms with E-state index in [4.69, 9.17) is 39.2 Å². The predicted molar refractivity (Wildman–Crippen MR) is 67.2 cm³/mol. The first kappa shape index (κ1) is 11.2. The average Bonchev–Trinajstić information content (AvgIpc) is 2.19. The van der Waals surface area contributed by atoms with E-state index in [2.05, 4.69) is 11.9 Å². The van der Waals surface area contributed by atoms with Gasteiger partial charge in [0.15, 0.2) is 0 Å². The molecule has 1 rings (SSSR count). The molecule has 0 aromatic heterocycles. The number of hydrogen-bond acceptors (Lipinski definition) is 1. The van der Waals surface area contributed by atoms with E-state index >= 15 is 0 Å². The van der Waals surface area contributed by atoms with Crippen molar-refractivity contribution in [3.63, 3.8) is 0 Å². The molecule has 0 heterocycles. The van der Waals surface area contributed by atoms with Crippen molar-refractivity contribution in [3.8, 4) is 0 Å². The van der Waals surface area contributed by atoms with Crippen LogP contribution in [0.25, 0.3) is 0 Å². The van der Waals surface area contributed by atoms with Crippen molar-refractivity contribution in [2.75, 3.05) is 5.32 Å². The molecule has 1 aromatic carbocycles. The topological polar surface area (TPSA) is 12.0 Å². The third kappa shape index (κ3) is 1.66. The van der Waals surface area contributed by atoms with Gasteiger partial charge < -0.3 is 5.32 Å². The van der Waals surface area contributed by atoms with Crippen molar-refractivity contribution < 1.29 is 0 Å². The van der Waals surface area contributed by atoms with E-state index in [-0.39, 0.29) is 27.3 Å². The Morgan fingerprint density at radius 2 is 1.14 bits per heavy atom. The normalized spacial score (nSPS) is 9.71. The van der Waals surface area contributed by atoms with Gasteiger partial charge in [-0.1, -0.05) is 17.5 Å². The molecule has 0 bridgehead atoms. The Balaban J connectivity index is 3.50. The second-order valence-corrected chi connectivity index (χ2v) is 2.79. The molecule has 0 aliphatic heterocycles. The van der Waals surface area contributed by atoms with Gasteiger partial charge in [-0.25, -0.2) is 0 Å². The van der Waals surface area contributed by atoms with Gasteiger partial charge in [-0.2, -0.15) is 0 Å². The Morgan fingerprint density at radius 3 is 1.50 bits per heavy atom. The molecule has 0 aliphatic carbocycles. The van der Waals surface area contributed by atoms with Gasteiger partial charge in [-0.15, -0.1) is 16.4 Å². The summed E-state index contributed by atoms with van der Waals surface area (Å²) < 4.78 is 0. The van der Waals surface area contributed by atoms with Gasteiger partial charge in [-0.3, -0.25) is 0 Å². The molecule has 0 fully saturated rings. The Morgan fingerprint density at radius 1 is 0.786 bits per heavy atom. The number of anilines is 1. The maximum Gasteiger partial charge on any atom is 0.115 e. The molecule has 10 radical (unpaired) electrons. The molecular weight excluding hydrogens is 164 g/mol. The Bertz CT molecular complexity index is 359. The second kappa shape index (κ2) is 4.08. The van der Waals surface area contributed by atoms with Crippen LogP contribution in [0.2, 0.25) is 0 Å². The van der Waals surface area contributed by atoms with E-state index < -0.39 is 0 Å². The van der Waals surface area contributed by atoms with Gasteiger partial charge in [0.2, 0.25) is 0 Å². The zero-order chi connectivity index (χ0) is 10.9. The summed E-state index contributed by atoms with van der Waals surface area (Å²) in [4.78, 5) is 0. The van der Waals surface area contributed by atoms with Gasteiger partial charge in [0.25, 0.3) is 0 Å². The van der Waals surface area contributed by atoms with Crippen LogP contribution in [0, 0.1) is 0 Å². The molecule has 0 saturated heterocycles. The molecule has 1 aromatic rings. The highest BCUT2D eigenvalue weighted by Crippen LogP contribution is 1.92. The van der Waals surface area contributed by atoms with Crippen LogP contribution in [0.3, 0.4) is 0 Å². The van der Waals surface area contributed by atoms with E-state index in [1.807, 2.05) is 0 Å². The predicted octanol–water partition coefficient (Wildman–Crippen LogP) is -3.79. The minimum absolute atomic E-state index is 0.203. The van der Waals surface area contributed by atoms with Gasteiger partial charge >= 0.3 is 0 Å². The van der Waals surface area contributed by atoms with Crippen molar-refractivity contribution in [3.05, 3.63) is 12.8 Å². The molecule has 0 amide bonds. The van der Waals surface area contributed by atoms with Gasteiger partial charge in [0, 0.05) is 5.69 Å². The van der Waals surface area contributed by atoms with Crippen molar-refractivity contribution in [2.24, 2.45) is 0 Å². The van der Waals surface area contributed by atoms with Crippen molar-refractivity contribution in [2.45, 2.75) is 0 Å². The minimum atomic E-state index is 0.203. The smallest absolute Gasteiger partial charge is 0.115 e. The summed E-state index contributed by atoms with van der Waals surface area (Å²) in [6.07, 6.45) is 1.43. The molecule has 1 N–H and O–H groups in total. The zero-order valence-electron chi connectivity index (χ0n) is 7.67. The maximum absolute atomic E-state index is 5.69. The standard InChI is InChI=1S/C8H4B5N/c1-2-14-8-6(12)4(10)3(9)5(11)7(8)13/h2,14H,1H2. The summed E-state index contributed by atoms with van der Waals surface area (Å²) in [5.41, 5.74) is 1.63. The van der Waals surface area contributed by atoms with Crippen LogP contribution in [-0.4, -0.2) is 39.2 Å². The summed E-state index contributed by atoms with van der Waals surface area (Å²) in [5, 5.41) is 2.75. The van der Waals surface area contributed by atoms with Crippen molar-refractivity contribution in [1.29, 1.82) is 0 Å². The Hall–Kier alpha value is -0.915. The highest BCUT2D eigenvalue weighted by molar-refractivity contribution is 6.68. The molecule has 0 saturated carbocycles. The molecule has 0 aliphatic rings. The fraction of sp³-hybridized carbons (Fsp3) is 0. The molecule has 0 spiro atoms. The zero-order valence-corrected chi connectivity index (χ0v) is 7.67. The molecule has 0 unspecified atom stereocenters. The van der Waals surface area contributed by atoms with E-state index in [1.165, 1.54) is 6.20 Å². The van der Waals surface area contributed by atoms with Crippen LogP contribution in [0.5, 0.6) is 0 Å². The monoisotopic (exact) mass is 169 g/mol. The molecule has 1 nitrogen and oxygen atoms in total. The lowest BCUT2D eigenvalue weighted by Gasteiger charge is -2.20. The van der Waals surface area contributed by atoms with E-state index in [1.54, 1.807) is 0 Å². The SMILES string of the molecule is [B]c1c([B])c([B])c(NC=C)c([B])c1[B]. The first-order valence-corrected chi connectivity index (χ1v) is 3.89. The van der Waals surface area contributed by atoms with E-state index in [0.717, 1.165) is 0 Å². The summed E-state index contributed by atoms with van der Waals surface area (Å²) in [5.74, 6) is 0. The largest absolute Gasteiger partial charge is 0.363 e. The first-order valence-electron chi connectivity index (χ1n) is 3.89. The quantitative estimate of drug-likeness (QED) is 0.447. The first-order chi connectivity index (χ1) is 6.50. The summed E-state index contributed by atoms with van der Waals surface area (Å²) in [7, 11) is 28.2. The molecule has 56 valence electrons. The van der Waals surface area contributed by atoms with E-state index in [0.29, 0.717) is 5.69 Å². The third-order valence-electron chi connectivity index (χ3n) is 1.95. The number of nitrogens with one attached hydrogen (secondary N) is 1. The summed E-state index contributed by atoms with van der Waals surface area (Å²) >= 11 is 0. The summed E-state index contributed by atoms with van der Waals surface area (Å²) in [6, 6.07) is 0. The molecular formula is C8H4B5N. The number of benzene rings is 1. The van der Waals surface area contributed by atoms with Gasteiger partial charge in [-0.05, 0) is 6.20 Å². The van der Waals surface area contributed by atoms with Crippen LogP contribution in [0.15, 0.2) is 12.8 Å². The third-order valence-corrected chi connectivity index (χ3v) is 1.95. The van der Waals surface area contributed by atoms with Crippen molar-refractivity contribution in [1.82, 2.24) is 0 Å². The Kier molecular flexibility index (Phi) is 3.25. The van der Waals surface area contributed by atoms with Crippen LogP contribution >= 0.6 is 0 Å². The number of rotatable bonds is 2. The van der Waals surface area contributed by atoms with Crippen LogP contribution < -0.4 is 32.6 Å². The molecule has 14 heavy (non-hydrogen) atoms. The van der Waals surface area contributed by atoms with Crippen LogP contribution in [0.1, 0.15) is 0 Å². The fourth-order valence-electron chi connectivity index (χ4n) is 1.11. The number of hydrogen-bond donors (Lipinski definition) is 1. The maximum atomic E-state index is 5.69. The van der Waals surface area contributed by atoms with Gasteiger partial charge in [0.05, 0.1) is 0 Å². The van der Waals surface area contributed by atoms with E-state index in [9.17, 15) is 0 Å². The minimum Gasteiger partial charge on any atom is -0.363 e. The van der Waals surface area contributed by atoms with Crippen LogP contribution in [0.4, 0.5) is 5.69 Å². The fourth-order valence-corrected chi connectivity index (χ4v) is 1.11. The average molecular weight is 168 g/mol. The highest BCUT2D eigenvalue weighted by atomic mass is 14.8. The lowest BCUT2D eigenvalue weighted by Crippen LogP contribution is -2.55. The highest BCUT2D eigenvalue weighted by Gasteiger charge is 2.08. The lowest BCUT2D eigenvalue weighted by atomic mass is 9.62. The summed E-state index contributed by atoms with van der Waals surface area (Å²) in [6.45, 7) is 3.48. The lowest BCUT2D eigenvalue weighted by molar-refractivity contribution is 1.70. The van der Waals surface area contributed by atoms with Crippen molar-refractivity contribution >= 4 is 72.2 Å². The van der Waals surface area contributed by atoms with Gasteiger partial charge in [0.1, 0.15) is 39.2 Å². The molecule has 6 heteroatoms.